The number of carboxylic acid groups (broad SMARTS) is 1. The molecule has 21 heavy (non-hydrogen) atoms. The van der Waals surface area contributed by atoms with Gasteiger partial charge in [0.25, 0.3) is 6.47 Å². The highest BCUT2D eigenvalue weighted by Crippen LogP contribution is 2.17. The Labute approximate surface area is 125 Å². The highest BCUT2D eigenvalue weighted by molar-refractivity contribution is 5.62. The third-order valence-electron chi connectivity index (χ3n) is 2.55. The van der Waals surface area contributed by atoms with E-state index in [-0.39, 0.29) is 6.47 Å². The second-order valence-corrected chi connectivity index (χ2v) is 3.99. The van der Waals surface area contributed by atoms with Gasteiger partial charge in [-0.25, -0.2) is 0 Å². The number of rotatable bonds is 1. The summed E-state index contributed by atoms with van der Waals surface area (Å²) in [6.07, 6.45) is 0. The maximum Gasteiger partial charge on any atom is 0.290 e. The summed E-state index contributed by atoms with van der Waals surface area (Å²) in [5, 5.41) is 6.89. The van der Waals surface area contributed by atoms with Crippen molar-refractivity contribution >= 4 is 6.47 Å². The molecule has 0 aromatic heterocycles. The third kappa shape index (κ3) is 7.33. The summed E-state index contributed by atoms with van der Waals surface area (Å²) in [6.45, 7) is -0.250. The Hall–Kier alpha value is -2.87. The average Bonchev–Trinajstić information content (AvgIpc) is 2.59. The molecule has 0 aliphatic carbocycles. The first-order valence-electron chi connectivity index (χ1n) is 6.57. The first-order valence-corrected chi connectivity index (χ1v) is 6.57. The van der Waals surface area contributed by atoms with Crippen molar-refractivity contribution in [2.75, 3.05) is 0 Å². The first kappa shape index (κ1) is 16.2. The Kier molecular flexibility index (Phi) is 8.48. The number of hydrogen-bond donors (Lipinski definition) is 1. The van der Waals surface area contributed by atoms with Gasteiger partial charge in [0.1, 0.15) is 0 Å². The molecular weight excluding hydrogens is 260 g/mol. The second-order valence-electron chi connectivity index (χ2n) is 3.99. The molecule has 2 nitrogen and oxygen atoms in total. The Bertz CT molecular complexity index is 514. The maximum atomic E-state index is 8.36. The van der Waals surface area contributed by atoms with Gasteiger partial charge in [0.2, 0.25) is 0 Å². The molecule has 3 aromatic carbocycles. The Morgan fingerprint density at radius 2 is 0.714 bits per heavy atom. The highest BCUT2D eigenvalue weighted by atomic mass is 16.3. The lowest BCUT2D eigenvalue weighted by Crippen LogP contribution is -1.73. The molecule has 3 aromatic rings. The van der Waals surface area contributed by atoms with E-state index in [1.54, 1.807) is 0 Å². The molecule has 2 heteroatoms. The third-order valence-corrected chi connectivity index (χ3v) is 2.55. The van der Waals surface area contributed by atoms with Crippen LogP contribution in [0.2, 0.25) is 0 Å². The fourth-order valence-corrected chi connectivity index (χ4v) is 1.65. The van der Waals surface area contributed by atoms with Gasteiger partial charge in [-0.1, -0.05) is 97.1 Å². The number of hydrogen-bond acceptors (Lipinski definition) is 1. The lowest BCUT2D eigenvalue weighted by molar-refractivity contribution is -0.122. The summed E-state index contributed by atoms with van der Waals surface area (Å²) in [5.74, 6) is 0. The summed E-state index contributed by atoms with van der Waals surface area (Å²) in [5.41, 5.74) is 2.55. The molecular formula is C19H18O2. The van der Waals surface area contributed by atoms with Crippen molar-refractivity contribution in [3.8, 4) is 11.1 Å². The predicted molar refractivity (Wildman–Crippen MR) is 87.0 cm³/mol. The number of carbonyl (C=O) groups is 1. The summed E-state index contributed by atoms with van der Waals surface area (Å²) in [7, 11) is 0. The molecule has 3 rings (SSSR count). The van der Waals surface area contributed by atoms with Crippen molar-refractivity contribution in [2.24, 2.45) is 0 Å². The summed E-state index contributed by atoms with van der Waals surface area (Å²) < 4.78 is 0. The van der Waals surface area contributed by atoms with Crippen LogP contribution in [-0.4, -0.2) is 11.6 Å². The van der Waals surface area contributed by atoms with Crippen LogP contribution in [0.15, 0.2) is 97.1 Å². The second kappa shape index (κ2) is 11.0. The van der Waals surface area contributed by atoms with Crippen LogP contribution < -0.4 is 0 Å². The molecule has 0 saturated carbocycles. The molecule has 0 radical (unpaired) electrons. The van der Waals surface area contributed by atoms with Crippen molar-refractivity contribution < 1.29 is 9.90 Å². The fraction of sp³-hybridized carbons (Fsp3) is 0. The van der Waals surface area contributed by atoms with Crippen LogP contribution in [0.1, 0.15) is 0 Å². The Morgan fingerprint density at radius 1 is 0.524 bits per heavy atom. The lowest BCUT2D eigenvalue weighted by Gasteiger charge is -1.98. The lowest BCUT2D eigenvalue weighted by atomic mass is 10.1. The quantitative estimate of drug-likeness (QED) is 0.653. The highest BCUT2D eigenvalue weighted by Gasteiger charge is 1.91. The van der Waals surface area contributed by atoms with Crippen LogP contribution in [0.5, 0.6) is 0 Å². The standard InChI is InChI=1S/C12H10.C6H6.CH2O2/c1-3-7-11(8-4-1)12-9-5-2-6-10-12;1-2-4-6-5-3-1;2-1-3/h1-10H;1-6H;1H,(H,2,3). The van der Waals surface area contributed by atoms with Crippen LogP contribution in [0.25, 0.3) is 11.1 Å². The van der Waals surface area contributed by atoms with Crippen LogP contribution in [0.3, 0.4) is 0 Å². The van der Waals surface area contributed by atoms with E-state index in [9.17, 15) is 0 Å². The van der Waals surface area contributed by atoms with Crippen molar-refractivity contribution in [2.45, 2.75) is 0 Å². The van der Waals surface area contributed by atoms with Crippen molar-refractivity contribution in [3.63, 3.8) is 0 Å². The Balaban J connectivity index is 0.000000205. The van der Waals surface area contributed by atoms with Gasteiger partial charge in [-0.2, -0.15) is 0 Å². The molecule has 0 saturated heterocycles. The van der Waals surface area contributed by atoms with Gasteiger partial charge in [0, 0.05) is 0 Å². The minimum atomic E-state index is -0.250. The van der Waals surface area contributed by atoms with E-state index in [0.29, 0.717) is 0 Å². The van der Waals surface area contributed by atoms with Gasteiger partial charge >= 0.3 is 0 Å². The van der Waals surface area contributed by atoms with Crippen molar-refractivity contribution in [1.82, 2.24) is 0 Å². The molecule has 0 aliphatic heterocycles. The summed E-state index contributed by atoms with van der Waals surface area (Å²) >= 11 is 0. The predicted octanol–water partition coefficient (Wildman–Crippen LogP) is 4.74. The molecule has 1 N–H and O–H groups in total. The molecule has 0 fully saturated rings. The topological polar surface area (TPSA) is 37.3 Å². The maximum absolute atomic E-state index is 8.36. The SMILES string of the molecule is O=CO.c1ccc(-c2ccccc2)cc1.c1ccccc1. The summed E-state index contributed by atoms with van der Waals surface area (Å²) in [4.78, 5) is 8.36. The van der Waals surface area contributed by atoms with E-state index in [1.165, 1.54) is 11.1 Å². The van der Waals surface area contributed by atoms with Crippen LogP contribution in [0.4, 0.5) is 0 Å². The van der Waals surface area contributed by atoms with E-state index >= 15 is 0 Å². The van der Waals surface area contributed by atoms with Gasteiger partial charge in [-0.3, -0.25) is 4.79 Å². The zero-order chi connectivity index (χ0) is 15.2. The van der Waals surface area contributed by atoms with Gasteiger partial charge in [0.05, 0.1) is 0 Å². The molecule has 106 valence electrons. The van der Waals surface area contributed by atoms with Crippen LogP contribution >= 0.6 is 0 Å². The first-order chi connectivity index (χ1) is 10.4. The molecule has 0 atom stereocenters. The zero-order valence-electron chi connectivity index (χ0n) is 11.7. The average molecular weight is 278 g/mol. The monoisotopic (exact) mass is 278 g/mol. The Morgan fingerprint density at radius 3 is 0.952 bits per heavy atom. The smallest absolute Gasteiger partial charge is 0.290 e. The summed E-state index contributed by atoms with van der Waals surface area (Å²) in [6, 6.07) is 32.8. The molecule has 0 bridgehead atoms. The van der Waals surface area contributed by atoms with E-state index in [1.807, 2.05) is 48.5 Å². The number of benzene rings is 3. The normalized spacial score (nSPS) is 8.38. The van der Waals surface area contributed by atoms with E-state index in [0.717, 1.165) is 0 Å². The van der Waals surface area contributed by atoms with Crippen LogP contribution in [-0.2, 0) is 4.79 Å². The molecule has 0 amide bonds. The van der Waals surface area contributed by atoms with Crippen molar-refractivity contribution in [3.05, 3.63) is 97.1 Å². The van der Waals surface area contributed by atoms with Crippen LogP contribution in [0, 0.1) is 0 Å². The minimum absolute atomic E-state index is 0.250. The van der Waals surface area contributed by atoms with Gasteiger partial charge in [-0.15, -0.1) is 0 Å². The van der Waals surface area contributed by atoms with Gasteiger partial charge in [0.15, 0.2) is 0 Å². The molecule has 0 spiro atoms. The fourth-order valence-electron chi connectivity index (χ4n) is 1.65. The largest absolute Gasteiger partial charge is 0.483 e. The van der Waals surface area contributed by atoms with E-state index in [2.05, 4.69) is 48.5 Å². The minimum Gasteiger partial charge on any atom is -0.483 e. The van der Waals surface area contributed by atoms with E-state index in [4.69, 9.17) is 9.90 Å². The van der Waals surface area contributed by atoms with E-state index < -0.39 is 0 Å². The van der Waals surface area contributed by atoms with Crippen molar-refractivity contribution in [1.29, 1.82) is 0 Å². The molecule has 0 unspecified atom stereocenters. The van der Waals surface area contributed by atoms with Gasteiger partial charge < -0.3 is 5.11 Å². The molecule has 0 aliphatic rings. The molecule has 0 heterocycles. The van der Waals surface area contributed by atoms with Gasteiger partial charge in [-0.05, 0) is 11.1 Å². The zero-order valence-corrected chi connectivity index (χ0v) is 11.7.